The maximum absolute atomic E-state index is 4.19. The van der Waals surface area contributed by atoms with Gasteiger partial charge in [-0.25, -0.2) is 19.9 Å². The summed E-state index contributed by atoms with van der Waals surface area (Å²) >= 11 is 0. The van der Waals surface area contributed by atoms with Crippen LogP contribution in [0.2, 0.25) is 0 Å². The lowest BCUT2D eigenvalue weighted by Gasteiger charge is -2.18. The van der Waals surface area contributed by atoms with Gasteiger partial charge in [0.25, 0.3) is 0 Å². The molecule has 270 valence electrons. The van der Waals surface area contributed by atoms with Crippen LogP contribution in [0.4, 0.5) is 0 Å². The van der Waals surface area contributed by atoms with Gasteiger partial charge < -0.3 is 0 Å². The molecule has 0 bridgehead atoms. The van der Waals surface area contributed by atoms with Crippen molar-refractivity contribution in [2.45, 2.75) is 131 Å². The molecular formula is C43H63N7. The smallest absolute Gasteiger partial charge is 0.133 e. The van der Waals surface area contributed by atoms with Crippen LogP contribution in [-0.4, -0.2) is 34.9 Å². The second-order valence-corrected chi connectivity index (χ2v) is 17.1. The summed E-state index contributed by atoms with van der Waals surface area (Å²) in [7, 11) is 0. The van der Waals surface area contributed by atoms with Crippen LogP contribution in [0.1, 0.15) is 132 Å². The van der Waals surface area contributed by atoms with E-state index in [0.717, 1.165) is 11.5 Å². The van der Waals surface area contributed by atoms with Crippen molar-refractivity contribution in [2.75, 3.05) is 0 Å². The van der Waals surface area contributed by atoms with Gasteiger partial charge in [-0.05, 0) is 45.1 Å². The van der Waals surface area contributed by atoms with Crippen molar-refractivity contribution in [3.8, 4) is 0 Å². The Morgan fingerprint density at radius 1 is 0.340 bits per heavy atom. The first-order valence-corrected chi connectivity index (χ1v) is 17.3. The number of benzene rings is 1. The van der Waals surface area contributed by atoms with Crippen molar-refractivity contribution in [1.29, 1.82) is 0 Å². The molecule has 7 nitrogen and oxygen atoms in total. The lowest BCUT2D eigenvalue weighted by molar-refractivity contribution is 0.545. The summed E-state index contributed by atoms with van der Waals surface area (Å²) in [6, 6.07) is 16.5. The number of nitrogens with zero attached hydrogens (tertiary/aromatic N) is 7. The van der Waals surface area contributed by atoms with Crippen molar-refractivity contribution in [2.24, 2.45) is 0 Å². The van der Waals surface area contributed by atoms with Crippen LogP contribution < -0.4 is 0 Å². The highest BCUT2D eigenvalue weighted by atomic mass is 14.9. The van der Waals surface area contributed by atoms with Gasteiger partial charge in [0.2, 0.25) is 0 Å². The van der Waals surface area contributed by atoms with Gasteiger partial charge in [0.15, 0.2) is 0 Å². The Balaban J connectivity index is 0.000000312. The Labute approximate surface area is 304 Å². The molecule has 4 heterocycles. The number of hydrogen-bond acceptors (Lipinski definition) is 7. The minimum Gasteiger partial charge on any atom is -0.264 e. The number of aromatic nitrogens is 7. The Hall–Kier alpha value is -4.39. The molecule has 0 amide bonds. The third-order valence-corrected chi connectivity index (χ3v) is 7.16. The minimum absolute atomic E-state index is 0.0707. The predicted octanol–water partition coefficient (Wildman–Crippen LogP) is 10.7. The third-order valence-electron chi connectivity index (χ3n) is 7.16. The molecule has 0 unspecified atom stereocenters. The fraction of sp³-hybridized carbons (Fsp3) is 0.465. The van der Waals surface area contributed by atoms with E-state index in [1.807, 2.05) is 30.7 Å². The zero-order valence-electron chi connectivity index (χ0n) is 33.5. The van der Waals surface area contributed by atoms with Crippen LogP contribution >= 0.6 is 0 Å². The average molecular weight is 678 g/mol. The van der Waals surface area contributed by atoms with E-state index in [1.165, 1.54) is 16.7 Å². The number of hydrogen-bond donors (Lipinski definition) is 0. The van der Waals surface area contributed by atoms with Crippen LogP contribution in [0.5, 0.6) is 0 Å². The zero-order valence-corrected chi connectivity index (χ0v) is 33.5. The molecule has 0 spiro atoms. The van der Waals surface area contributed by atoms with Crippen LogP contribution in [0.25, 0.3) is 0 Å². The van der Waals surface area contributed by atoms with E-state index in [9.17, 15) is 0 Å². The van der Waals surface area contributed by atoms with Crippen molar-refractivity contribution in [3.63, 3.8) is 0 Å². The maximum atomic E-state index is 4.19. The van der Waals surface area contributed by atoms with Gasteiger partial charge in [-0.2, -0.15) is 0 Å². The van der Waals surface area contributed by atoms with E-state index in [4.69, 9.17) is 0 Å². The van der Waals surface area contributed by atoms with E-state index in [2.05, 4.69) is 175 Å². The second-order valence-electron chi connectivity index (χ2n) is 17.1. The first-order chi connectivity index (χ1) is 23.0. The molecule has 5 rings (SSSR count). The topological polar surface area (TPSA) is 90.2 Å². The van der Waals surface area contributed by atoms with E-state index in [-0.39, 0.29) is 21.7 Å². The molecule has 0 N–H and O–H groups in total. The molecule has 0 atom stereocenters. The molecule has 4 aromatic heterocycles. The first-order valence-electron chi connectivity index (χ1n) is 17.3. The Morgan fingerprint density at radius 2 is 0.820 bits per heavy atom. The lowest BCUT2D eigenvalue weighted by atomic mass is 9.87. The summed E-state index contributed by atoms with van der Waals surface area (Å²) in [5.41, 5.74) is 5.78. The molecule has 0 radical (unpaired) electrons. The van der Waals surface area contributed by atoms with Gasteiger partial charge in [0.05, 0.1) is 5.69 Å². The summed E-state index contributed by atoms with van der Waals surface area (Å²) in [5.74, 6) is 0.898. The second kappa shape index (κ2) is 19.7. The van der Waals surface area contributed by atoms with Crippen molar-refractivity contribution < 1.29 is 0 Å². The normalized spacial score (nSPS) is 11.5. The Kier molecular flexibility index (Phi) is 17.2. The van der Waals surface area contributed by atoms with Gasteiger partial charge in [-0.1, -0.05) is 140 Å². The van der Waals surface area contributed by atoms with E-state index in [0.29, 0.717) is 5.41 Å². The summed E-state index contributed by atoms with van der Waals surface area (Å²) in [6.07, 6.45) is 17.7. The fourth-order valence-electron chi connectivity index (χ4n) is 3.80. The monoisotopic (exact) mass is 678 g/mol. The van der Waals surface area contributed by atoms with E-state index >= 15 is 0 Å². The Morgan fingerprint density at radius 3 is 1.12 bits per heavy atom. The SMILES string of the molecule is CC(C)(C)c1ccccc1.CC(C)(C)c1cccnc1.CC(C)(C)c1cnccn1.CC(C)(C)c1cncnc1.CC(C)(C)c1ncccn1. The highest BCUT2D eigenvalue weighted by Crippen LogP contribution is 2.22. The molecule has 0 fully saturated rings. The number of rotatable bonds is 0. The summed E-state index contributed by atoms with van der Waals surface area (Å²) < 4.78 is 0. The minimum atomic E-state index is 0.0707. The average Bonchev–Trinajstić information content (AvgIpc) is 3.06. The molecule has 50 heavy (non-hydrogen) atoms. The molecule has 7 heteroatoms. The molecular weight excluding hydrogens is 615 g/mol. The fourth-order valence-corrected chi connectivity index (χ4v) is 3.80. The third kappa shape index (κ3) is 18.4. The summed E-state index contributed by atoms with van der Waals surface area (Å²) in [4.78, 5) is 28.4. The van der Waals surface area contributed by atoms with E-state index < -0.39 is 0 Å². The maximum Gasteiger partial charge on any atom is 0.133 e. The van der Waals surface area contributed by atoms with Crippen LogP contribution in [-0.2, 0) is 27.1 Å². The quantitative estimate of drug-likeness (QED) is 0.161. The van der Waals surface area contributed by atoms with Gasteiger partial charge >= 0.3 is 0 Å². The van der Waals surface area contributed by atoms with Crippen molar-refractivity contribution in [3.05, 3.63) is 139 Å². The standard InChI is InChI=1S/C10H14.C9H13N.3C8H12N2/c1-10(2,3)9-7-5-4-6-8-9;1-9(2,3)8-5-4-6-10-7-8;1-8(2,3)7-4-9-6-10-5-7;1-8(2,3)7-6-9-4-5-10-7;1-8(2,3)7-9-5-4-6-10-7/h4-8H,1-3H3;4-7H,1-3H3;3*4-6H,1-3H3. The lowest BCUT2D eigenvalue weighted by Crippen LogP contribution is -2.14. The van der Waals surface area contributed by atoms with Crippen molar-refractivity contribution >= 4 is 0 Å². The zero-order chi connectivity index (χ0) is 38.1. The van der Waals surface area contributed by atoms with Crippen LogP contribution in [0.15, 0.2) is 111 Å². The highest BCUT2D eigenvalue weighted by molar-refractivity contribution is 5.22. The number of pyridine rings is 1. The molecule has 1 aromatic carbocycles. The molecule has 0 aliphatic heterocycles. The van der Waals surface area contributed by atoms with Gasteiger partial charge in [-0.3, -0.25) is 15.0 Å². The summed E-state index contributed by atoms with van der Waals surface area (Å²) in [5, 5.41) is 0. The molecule has 0 aliphatic carbocycles. The summed E-state index contributed by atoms with van der Waals surface area (Å²) in [6.45, 7) is 32.3. The largest absolute Gasteiger partial charge is 0.264 e. The van der Waals surface area contributed by atoms with Crippen molar-refractivity contribution in [1.82, 2.24) is 34.9 Å². The van der Waals surface area contributed by atoms with Crippen LogP contribution in [0, 0.1) is 0 Å². The van der Waals surface area contributed by atoms with Crippen LogP contribution in [0.3, 0.4) is 0 Å². The van der Waals surface area contributed by atoms with Gasteiger partial charge in [0, 0.05) is 66.6 Å². The Bertz CT molecular complexity index is 1270. The van der Waals surface area contributed by atoms with Gasteiger partial charge in [0.1, 0.15) is 12.2 Å². The highest BCUT2D eigenvalue weighted by Gasteiger charge is 2.16. The molecule has 5 aromatic rings. The van der Waals surface area contributed by atoms with E-state index in [1.54, 1.807) is 43.5 Å². The van der Waals surface area contributed by atoms with Gasteiger partial charge in [-0.15, -0.1) is 0 Å². The molecule has 0 saturated heterocycles. The predicted molar refractivity (Wildman–Crippen MR) is 210 cm³/mol. The molecule has 0 aliphatic rings. The molecule has 0 saturated carbocycles. The first kappa shape index (κ1) is 43.6.